The monoisotopic (exact) mass is 146 g/mol. The van der Waals surface area contributed by atoms with Crippen LogP contribution in [-0.2, 0) is 9.59 Å². The van der Waals surface area contributed by atoms with Crippen LogP contribution in [0.3, 0.4) is 0 Å². The summed E-state index contributed by atoms with van der Waals surface area (Å²) in [5.74, 6) is -1.10. The lowest BCUT2D eigenvalue weighted by atomic mass is 10.4. The number of amides is 2. The molecule has 5 heteroatoms. The lowest BCUT2D eigenvalue weighted by Crippen LogP contribution is -2.30. The summed E-state index contributed by atoms with van der Waals surface area (Å²) in [6.45, 7) is 2.23. The first-order valence-electron chi connectivity index (χ1n) is 2.90. The molecule has 0 aromatic heterocycles. The molecule has 0 saturated carbocycles. The van der Waals surface area contributed by atoms with Crippen LogP contribution in [0.4, 0.5) is 0 Å². The predicted octanol–water partition coefficient (Wildman–Crippen LogP) is -0.982. The quantitative estimate of drug-likeness (QED) is 0.272. The van der Waals surface area contributed by atoms with Gasteiger partial charge in [-0.05, 0) is 6.92 Å². The van der Waals surface area contributed by atoms with Crippen molar-refractivity contribution in [1.29, 1.82) is 0 Å². The zero-order valence-corrected chi connectivity index (χ0v) is 5.68. The Morgan fingerprint density at radius 3 is 2.40 bits per heavy atom. The first kappa shape index (κ1) is 8.90. The van der Waals surface area contributed by atoms with Gasteiger partial charge in [0.25, 0.3) is 5.91 Å². The van der Waals surface area contributed by atoms with Gasteiger partial charge in [-0.25, -0.2) is 5.48 Å². The second-order valence-corrected chi connectivity index (χ2v) is 1.67. The van der Waals surface area contributed by atoms with E-state index in [2.05, 4.69) is 5.32 Å². The molecule has 0 spiro atoms. The number of rotatable bonds is 3. The fraction of sp³-hybridized carbons (Fsp3) is 0.600. The van der Waals surface area contributed by atoms with Crippen LogP contribution in [0.5, 0.6) is 0 Å². The average Bonchev–Trinajstić information content (AvgIpc) is 1.88. The summed E-state index contributed by atoms with van der Waals surface area (Å²) in [6, 6.07) is 0. The maximum absolute atomic E-state index is 10.5. The van der Waals surface area contributed by atoms with Gasteiger partial charge in [-0.15, -0.1) is 0 Å². The topological polar surface area (TPSA) is 78.4 Å². The maximum Gasteiger partial charge on any atom is 0.252 e. The summed E-state index contributed by atoms with van der Waals surface area (Å²) in [5.41, 5.74) is 1.35. The van der Waals surface area contributed by atoms with Gasteiger partial charge in [-0.1, -0.05) is 0 Å². The van der Waals surface area contributed by atoms with Crippen molar-refractivity contribution in [2.24, 2.45) is 0 Å². The van der Waals surface area contributed by atoms with E-state index in [0.717, 1.165) is 0 Å². The van der Waals surface area contributed by atoms with Gasteiger partial charge in [0.1, 0.15) is 6.42 Å². The highest BCUT2D eigenvalue weighted by Crippen LogP contribution is 1.77. The van der Waals surface area contributed by atoms with Crippen LogP contribution in [0.1, 0.15) is 13.3 Å². The lowest BCUT2D eigenvalue weighted by molar-refractivity contribution is -0.134. The Morgan fingerprint density at radius 2 is 2.00 bits per heavy atom. The fourth-order valence-corrected chi connectivity index (χ4v) is 0.445. The summed E-state index contributed by atoms with van der Waals surface area (Å²) >= 11 is 0. The largest absolute Gasteiger partial charge is 0.356 e. The van der Waals surface area contributed by atoms with Crippen LogP contribution in [0.15, 0.2) is 0 Å². The lowest BCUT2D eigenvalue weighted by Gasteiger charge is -1.98. The molecular weight excluding hydrogens is 136 g/mol. The average molecular weight is 146 g/mol. The van der Waals surface area contributed by atoms with E-state index in [0.29, 0.717) is 6.54 Å². The third-order valence-corrected chi connectivity index (χ3v) is 0.820. The smallest absolute Gasteiger partial charge is 0.252 e. The number of hydrogen-bond donors (Lipinski definition) is 3. The van der Waals surface area contributed by atoms with E-state index in [-0.39, 0.29) is 6.42 Å². The van der Waals surface area contributed by atoms with Crippen LogP contribution in [0.25, 0.3) is 0 Å². The van der Waals surface area contributed by atoms with E-state index in [1.54, 1.807) is 6.92 Å². The minimum Gasteiger partial charge on any atom is -0.356 e. The fourth-order valence-electron chi connectivity index (χ4n) is 0.445. The van der Waals surface area contributed by atoms with Gasteiger partial charge in [0.15, 0.2) is 0 Å². The van der Waals surface area contributed by atoms with Crippen molar-refractivity contribution < 1.29 is 14.8 Å². The molecule has 0 rings (SSSR count). The second kappa shape index (κ2) is 4.75. The van der Waals surface area contributed by atoms with Crippen molar-refractivity contribution in [2.45, 2.75) is 13.3 Å². The Bertz CT molecular complexity index is 135. The number of carbonyl (C=O) groups excluding carboxylic acids is 2. The molecule has 0 aliphatic rings. The van der Waals surface area contributed by atoms with Gasteiger partial charge in [0.2, 0.25) is 5.91 Å². The Balaban J connectivity index is 3.47. The molecule has 0 radical (unpaired) electrons. The number of nitrogens with one attached hydrogen (secondary N) is 2. The zero-order valence-electron chi connectivity index (χ0n) is 5.68. The van der Waals surface area contributed by atoms with Crippen molar-refractivity contribution in [2.75, 3.05) is 6.54 Å². The molecule has 0 heterocycles. The van der Waals surface area contributed by atoms with Gasteiger partial charge in [-0.2, -0.15) is 0 Å². The van der Waals surface area contributed by atoms with Crippen molar-refractivity contribution in [3.63, 3.8) is 0 Å². The molecule has 0 fully saturated rings. The Labute approximate surface area is 58.4 Å². The highest BCUT2D eigenvalue weighted by atomic mass is 16.5. The minimum absolute atomic E-state index is 0.329. The van der Waals surface area contributed by atoms with Crippen LogP contribution in [0, 0.1) is 0 Å². The molecular formula is C5H10N2O3. The summed E-state index contributed by atoms with van der Waals surface area (Å²) in [6.07, 6.45) is -0.329. The summed E-state index contributed by atoms with van der Waals surface area (Å²) in [7, 11) is 0. The van der Waals surface area contributed by atoms with Crippen LogP contribution in [0.2, 0.25) is 0 Å². The third kappa shape index (κ3) is 3.85. The van der Waals surface area contributed by atoms with E-state index in [9.17, 15) is 9.59 Å². The molecule has 0 unspecified atom stereocenters. The van der Waals surface area contributed by atoms with Gasteiger partial charge < -0.3 is 5.32 Å². The molecule has 0 bridgehead atoms. The summed E-state index contributed by atoms with van der Waals surface area (Å²) in [4.78, 5) is 20.8. The molecule has 0 aliphatic heterocycles. The van der Waals surface area contributed by atoms with Gasteiger partial charge in [0, 0.05) is 6.54 Å². The number of hydrogen-bond acceptors (Lipinski definition) is 3. The predicted molar refractivity (Wildman–Crippen MR) is 33.2 cm³/mol. The number of hydroxylamine groups is 1. The highest BCUT2D eigenvalue weighted by Gasteiger charge is 2.05. The van der Waals surface area contributed by atoms with Crippen molar-refractivity contribution >= 4 is 11.8 Å². The zero-order chi connectivity index (χ0) is 7.98. The molecule has 2 amide bonds. The Morgan fingerprint density at radius 1 is 1.40 bits per heavy atom. The van der Waals surface area contributed by atoms with E-state index >= 15 is 0 Å². The summed E-state index contributed by atoms with van der Waals surface area (Å²) in [5, 5.41) is 10.4. The van der Waals surface area contributed by atoms with Gasteiger partial charge >= 0.3 is 0 Å². The Hall–Kier alpha value is -1.10. The molecule has 0 aromatic carbocycles. The normalized spacial score (nSPS) is 8.60. The van der Waals surface area contributed by atoms with Crippen molar-refractivity contribution in [3.8, 4) is 0 Å². The standard InChI is InChI=1S/C5H10N2O3/c1-2-6-4(8)3-5(9)7-10/h10H,2-3H2,1H3,(H,6,8)(H,7,9). The number of carbonyl (C=O) groups is 2. The molecule has 5 nitrogen and oxygen atoms in total. The van der Waals surface area contributed by atoms with Crippen LogP contribution in [-0.4, -0.2) is 23.6 Å². The van der Waals surface area contributed by atoms with Gasteiger partial charge in [-0.3, -0.25) is 14.8 Å². The van der Waals surface area contributed by atoms with E-state index in [1.807, 2.05) is 0 Å². The van der Waals surface area contributed by atoms with E-state index in [4.69, 9.17) is 5.21 Å². The molecule has 0 atom stereocenters. The van der Waals surface area contributed by atoms with Gasteiger partial charge in [0.05, 0.1) is 0 Å². The maximum atomic E-state index is 10.5. The first-order chi connectivity index (χ1) is 4.70. The van der Waals surface area contributed by atoms with Crippen molar-refractivity contribution in [3.05, 3.63) is 0 Å². The molecule has 0 saturated heterocycles. The first-order valence-corrected chi connectivity index (χ1v) is 2.90. The van der Waals surface area contributed by atoms with Crippen LogP contribution >= 0.6 is 0 Å². The second-order valence-electron chi connectivity index (χ2n) is 1.67. The molecule has 0 aromatic rings. The Kier molecular flexibility index (Phi) is 4.23. The summed E-state index contributed by atoms with van der Waals surface area (Å²) < 4.78 is 0. The molecule has 58 valence electrons. The van der Waals surface area contributed by atoms with Crippen molar-refractivity contribution in [1.82, 2.24) is 10.8 Å². The molecule has 10 heavy (non-hydrogen) atoms. The molecule has 0 aliphatic carbocycles. The van der Waals surface area contributed by atoms with E-state index in [1.165, 1.54) is 5.48 Å². The third-order valence-electron chi connectivity index (χ3n) is 0.820. The van der Waals surface area contributed by atoms with E-state index < -0.39 is 11.8 Å². The molecule has 3 N–H and O–H groups in total. The minimum atomic E-state index is -0.703. The van der Waals surface area contributed by atoms with Crippen LogP contribution < -0.4 is 10.8 Å². The highest BCUT2D eigenvalue weighted by molar-refractivity contribution is 5.96. The SMILES string of the molecule is CCNC(=O)CC(=O)NO.